The maximum atomic E-state index is 11.1. The molecule has 1 unspecified atom stereocenters. The molecule has 0 spiro atoms. The first-order chi connectivity index (χ1) is 8.59. The smallest absolute Gasteiger partial charge is 0.221 e. The summed E-state index contributed by atoms with van der Waals surface area (Å²) in [4.78, 5) is 12.2. The fourth-order valence-electron chi connectivity index (χ4n) is 2.20. The molecule has 1 aliphatic heterocycles. The van der Waals surface area contributed by atoms with E-state index in [4.69, 9.17) is 4.74 Å². The van der Waals surface area contributed by atoms with E-state index >= 15 is 0 Å². The van der Waals surface area contributed by atoms with Crippen LogP contribution in [-0.2, 0) is 16.1 Å². The molecule has 1 aliphatic rings. The van der Waals surface area contributed by atoms with Crippen LogP contribution < -0.4 is 10.6 Å². The molecule has 4 nitrogen and oxygen atoms in total. The lowest BCUT2D eigenvalue weighted by molar-refractivity contribution is -0.114. The largest absolute Gasteiger partial charge is 0.374 e. The summed E-state index contributed by atoms with van der Waals surface area (Å²) >= 11 is 1.65. The quantitative estimate of drug-likeness (QED) is 0.862. The maximum absolute atomic E-state index is 11.1. The molecule has 1 aromatic rings. The fraction of sp³-hybridized carbons (Fsp3) is 0.615. The van der Waals surface area contributed by atoms with Gasteiger partial charge in [-0.05, 0) is 31.2 Å². The highest BCUT2D eigenvalue weighted by Crippen LogP contribution is 2.25. The molecule has 0 aromatic carbocycles. The van der Waals surface area contributed by atoms with E-state index in [-0.39, 0.29) is 11.5 Å². The number of amides is 1. The lowest BCUT2D eigenvalue weighted by atomic mass is 10.0. The summed E-state index contributed by atoms with van der Waals surface area (Å²) in [5.74, 6) is -0.0271. The average molecular weight is 268 g/mol. The summed E-state index contributed by atoms with van der Waals surface area (Å²) in [5, 5.41) is 8.26. The van der Waals surface area contributed by atoms with Crippen molar-refractivity contribution in [3.05, 3.63) is 16.3 Å². The highest BCUT2D eigenvalue weighted by molar-refractivity contribution is 7.10. The van der Waals surface area contributed by atoms with Gasteiger partial charge in [0.15, 0.2) is 0 Å². The molecule has 2 heterocycles. The molecule has 5 heteroatoms. The van der Waals surface area contributed by atoms with Crippen molar-refractivity contribution in [2.24, 2.45) is 0 Å². The molecule has 1 saturated heterocycles. The summed E-state index contributed by atoms with van der Waals surface area (Å²) in [6.45, 7) is 6.17. The van der Waals surface area contributed by atoms with Crippen LogP contribution in [0.1, 0.15) is 31.6 Å². The lowest BCUT2D eigenvalue weighted by Crippen LogP contribution is -2.36. The van der Waals surface area contributed by atoms with Gasteiger partial charge < -0.3 is 15.4 Å². The monoisotopic (exact) mass is 268 g/mol. The maximum Gasteiger partial charge on any atom is 0.221 e. The first-order valence-electron chi connectivity index (χ1n) is 6.28. The lowest BCUT2D eigenvalue weighted by Gasteiger charge is -2.23. The molecule has 1 amide bonds. The molecular formula is C13H20N2O2S. The first kappa shape index (κ1) is 13.5. The van der Waals surface area contributed by atoms with Crippen molar-refractivity contribution in [1.29, 1.82) is 0 Å². The van der Waals surface area contributed by atoms with Crippen LogP contribution in [-0.4, -0.2) is 24.7 Å². The number of ether oxygens (including phenoxy) is 1. The van der Waals surface area contributed by atoms with E-state index in [1.807, 2.05) is 11.4 Å². The van der Waals surface area contributed by atoms with Gasteiger partial charge in [-0.15, -0.1) is 11.3 Å². The van der Waals surface area contributed by atoms with Gasteiger partial charge in [0.25, 0.3) is 0 Å². The Labute approximate surface area is 112 Å². The standard InChI is InChI=1S/C13H20N2O2S/c1-10(16)15-11-4-7-18-12(11)8-14-9-13(2)5-3-6-17-13/h4,7,14H,3,5-6,8-9H2,1-2H3,(H,15,16). The van der Waals surface area contributed by atoms with Crippen LogP contribution >= 0.6 is 11.3 Å². The van der Waals surface area contributed by atoms with Crippen LogP contribution in [0.2, 0.25) is 0 Å². The Hall–Kier alpha value is -0.910. The number of anilines is 1. The van der Waals surface area contributed by atoms with Crippen LogP contribution in [0, 0.1) is 0 Å². The summed E-state index contributed by atoms with van der Waals surface area (Å²) < 4.78 is 5.73. The molecule has 100 valence electrons. The van der Waals surface area contributed by atoms with Gasteiger partial charge in [-0.3, -0.25) is 4.79 Å². The molecule has 0 aliphatic carbocycles. The number of nitrogens with one attached hydrogen (secondary N) is 2. The predicted octanol–water partition coefficient (Wildman–Crippen LogP) is 2.37. The van der Waals surface area contributed by atoms with Gasteiger partial charge in [0.05, 0.1) is 11.3 Å². The molecule has 1 fully saturated rings. The molecule has 0 radical (unpaired) electrons. The van der Waals surface area contributed by atoms with E-state index in [2.05, 4.69) is 17.6 Å². The molecular weight excluding hydrogens is 248 g/mol. The summed E-state index contributed by atoms with van der Waals surface area (Å²) in [5.41, 5.74) is 0.892. The Morgan fingerprint density at radius 3 is 3.11 bits per heavy atom. The summed E-state index contributed by atoms with van der Waals surface area (Å²) in [6.07, 6.45) is 2.26. The summed E-state index contributed by atoms with van der Waals surface area (Å²) in [6, 6.07) is 1.94. The minimum atomic E-state index is -0.0271. The van der Waals surface area contributed by atoms with Crippen molar-refractivity contribution < 1.29 is 9.53 Å². The van der Waals surface area contributed by atoms with Crippen molar-refractivity contribution in [3.8, 4) is 0 Å². The Balaban J connectivity index is 1.83. The van der Waals surface area contributed by atoms with Crippen molar-refractivity contribution in [3.63, 3.8) is 0 Å². The van der Waals surface area contributed by atoms with Crippen molar-refractivity contribution in [1.82, 2.24) is 5.32 Å². The van der Waals surface area contributed by atoms with Crippen LogP contribution in [0.3, 0.4) is 0 Å². The number of carbonyl (C=O) groups is 1. The molecule has 2 N–H and O–H groups in total. The predicted molar refractivity (Wildman–Crippen MR) is 73.9 cm³/mol. The van der Waals surface area contributed by atoms with Gasteiger partial charge >= 0.3 is 0 Å². The van der Waals surface area contributed by atoms with Gasteiger partial charge in [-0.2, -0.15) is 0 Å². The van der Waals surface area contributed by atoms with E-state index in [0.29, 0.717) is 0 Å². The van der Waals surface area contributed by atoms with Gasteiger partial charge in [-0.1, -0.05) is 0 Å². The minimum Gasteiger partial charge on any atom is -0.374 e. The average Bonchev–Trinajstić information content (AvgIpc) is 2.89. The SMILES string of the molecule is CC(=O)Nc1ccsc1CNCC1(C)CCCO1. The number of thiophene rings is 1. The minimum absolute atomic E-state index is 0.0224. The van der Waals surface area contributed by atoms with Crippen molar-refractivity contribution >= 4 is 22.9 Å². The highest BCUT2D eigenvalue weighted by Gasteiger charge is 2.29. The van der Waals surface area contributed by atoms with Crippen LogP contribution in [0.5, 0.6) is 0 Å². The second kappa shape index (κ2) is 5.82. The van der Waals surface area contributed by atoms with E-state index < -0.39 is 0 Å². The zero-order chi connectivity index (χ0) is 13.0. The van der Waals surface area contributed by atoms with Crippen molar-refractivity contribution in [2.45, 2.75) is 38.8 Å². The number of rotatable bonds is 5. The van der Waals surface area contributed by atoms with E-state index in [1.54, 1.807) is 11.3 Å². The van der Waals surface area contributed by atoms with E-state index in [0.717, 1.165) is 43.1 Å². The van der Waals surface area contributed by atoms with Gasteiger partial charge in [0.1, 0.15) is 0 Å². The molecule has 18 heavy (non-hydrogen) atoms. The Morgan fingerprint density at radius 2 is 2.44 bits per heavy atom. The van der Waals surface area contributed by atoms with Crippen LogP contribution in [0.25, 0.3) is 0 Å². The Kier molecular flexibility index (Phi) is 4.37. The van der Waals surface area contributed by atoms with Crippen LogP contribution in [0.15, 0.2) is 11.4 Å². The van der Waals surface area contributed by atoms with Gasteiger partial charge in [0.2, 0.25) is 5.91 Å². The second-order valence-corrected chi connectivity index (χ2v) is 5.94. The molecule has 1 atom stereocenters. The Morgan fingerprint density at radius 1 is 1.61 bits per heavy atom. The van der Waals surface area contributed by atoms with Crippen LogP contribution in [0.4, 0.5) is 5.69 Å². The van der Waals surface area contributed by atoms with Gasteiger partial charge in [0, 0.05) is 31.5 Å². The highest BCUT2D eigenvalue weighted by atomic mass is 32.1. The molecule has 0 saturated carbocycles. The fourth-order valence-corrected chi connectivity index (χ4v) is 3.00. The van der Waals surface area contributed by atoms with Gasteiger partial charge in [-0.25, -0.2) is 0 Å². The molecule has 0 bridgehead atoms. The molecule has 2 rings (SSSR count). The number of hydrogen-bond donors (Lipinski definition) is 2. The zero-order valence-corrected chi connectivity index (χ0v) is 11.7. The number of carbonyl (C=O) groups excluding carboxylic acids is 1. The third-order valence-electron chi connectivity index (χ3n) is 3.14. The van der Waals surface area contributed by atoms with E-state index in [9.17, 15) is 4.79 Å². The third-order valence-corrected chi connectivity index (χ3v) is 4.06. The molecule has 1 aromatic heterocycles. The van der Waals surface area contributed by atoms with E-state index in [1.165, 1.54) is 6.92 Å². The summed E-state index contributed by atoms with van der Waals surface area (Å²) in [7, 11) is 0. The number of hydrogen-bond acceptors (Lipinski definition) is 4. The topological polar surface area (TPSA) is 50.4 Å². The second-order valence-electron chi connectivity index (χ2n) is 4.94. The Bertz CT molecular complexity index is 411. The first-order valence-corrected chi connectivity index (χ1v) is 7.16. The van der Waals surface area contributed by atoms with Crippen molar-refractivity contribution in [2.75, 3.05) is 18.5 Å². The zero-order valence-electron chi connectivity index (χ0n) is 10.9. The third kappa shape index (κ3) is 3.54. The normalized spacial score (nSPS) is 23.2.